The number of nitrogens with one attached hydrogen (secondary N) is 2. The van der Waals surface area contributed by atoms with Crippen molar-refractivity contribution in [2.24, 2.45) is 0 Å². The van der Waals surface area contributed by atoms with Crippen molar-refractivity contribution in [1.82, 2.24) is 10.6 Å². The molecular formula is C14H17N3O2S. The summed E-state index contributed by atoms with van der Waals surface area (Å²) >= 11 is 1.16. The van der Waals surface area contributed by atoms with Crippen molar-refractivity contribution in [3.8, 4) is 0 Å². The molecule has 0 bridgehead atoms. The lowest BCUT2D eigenvalue weighted by molar-refractivity contribution is -0.123. The highest BCUT2D eigenvalue weighted by Gasteiger charge is 2.30. The Bertz CT molecular complexity index is 561. The van der Waals surface area contributed by atoms with E-state index in [0.29, 0.717) is 5.75 Å². The Morgan fingerprint density at radius 1 is 1.45 bits per heavy atom. The van der Waals surface area contributed by atoms with Crippen molar-refractivity contribution in [2.45, 2.75) is 31.3 Å². The number of hydrogen-bond donors (Lipinski definition) is 3. The molecule has 3 rings (SSSR count). The smallest absolute Gasteiger partial charge is 0.279 e. The Morgan fingerprint density at radius 2 is 2.30 bits per heavy atom. The summed E-state index contributed by atoms with van der Waals surface area (Å²) in [6, 6.07) is 5.47. The Hall–Kier alpha value is -1.69. The second-order valence-corrected chi connectivity index (χ2v) is 6.20. The average Bonchev–Trinajstić information content (AvgIpc) is 2.85. The summed E-state index contributed by atoms with van der Waals surface area (Å²) in [4.78, 5) is 23.3. The number of rotatable bonds is 2. The Kier molecular flexibility index (Phi) is 3.56. The normalized spacial score (nSPS) is 24.9. The van der Waals surface area contributed by atoms with Crippen molar-refractivity contribution >= 4 is 28.6 Å². The molecule has 6 heteroatoms. The molecule has 20 heavy (non-hydrogen) atoms. The van der Waals surface area contributed by atoms with E-state index >= 15 is 0 Å². The Labute approximate surface area is 121 Å². The van der Waals surface area contributed by atoms with Gasteiger partial charge >= 0.3 is 0 Å². The molecule has 5 nitrogen and oxygen atoms in total. The molecule has 0 saturated carbocycles. The van der Waals surface area contributed by atoms with Crippen LogP contribution in [0.15, 0.2) is 18.2 Å². The van der Waals surface area contributed by atoms with Crippen LogP contribution in [-0.2, 0) is 11.2 Å². The molecule has 2 atom stereocenters. The molecule has 4 N–H and O–H groups in total. The Morgan fingerprint density at radius 3 is 3.05 bits per heavy atom. The fraction of sp³-hybridized carbons (Fsp3) is 0.429. The molecule has 1 aromatic rings. The number of fused-ring (bicyclic) bond motifs is 1. The fourth-order valence-electron chi connectivity index (χ4n) is 2.78. The van der Waals surface area contributed by atoms with Gasteiger partial charge in [-0.15, -0.1) is 0 Å². The van der Waals surface area contributed by atoms with E-state index < -0.39 is 6.04 Å². The van der Waals surface area contributed by atoms with Crippen LogP contribution < -0.4 is 16.4 Å². The van der Waals surface area contributed by atoms with Gasteiger partial charge in [-0.05, 0) is 42.5 Å². The topological polar surface area (TPSA) is 84.2 Å². The summed E-state index contributed by atoms with van der Waals surface area (Å²) < 4.78 is 0. The van der Waals surface area contributed by atoms with E-state index in [2.05, 4.69) is 10.6 Å². The molecule has 1 aliphatic carbocycles. The van der Waals surface area contributed by atoms with Gasteiger partial charge in [0.1, 0.15) is 6.04 Å². The summed E-state index contributed by atoms with van der Waals surface area (Å²) in [6.45, 7) is 0. The number of anilines is 1. The summed E-state index contributed by atoms with van der Waals surface area (Å²) in [5, 5.41) is 5.59. The number of carbonyl (C=O) groups is 2. The first-order valence-corrected chi connectivity index (χ1v) is 7.74. The van der Waals surface area contributed by atoms with E-state index in [1.165, 1.54) is 5.56 Å². The fourth-order valence-corrected chi connectivity index (χ4v) is 3.56. The maximum Gasteiger partial charge on any atom is 0.279 e. The second kappa shape index (κ2) is 5.36. The van der Waals surface area contributed by atoms with Crippen LogP contribution >= 0.6 is 11.8 Å². The number of hydrogen-bond acceptors (Lipinski definition) is 4. The highest BCUT2D eigenvalue weighted by Crippen LogP contribution is 2.31. The maximum atomic E-state index is 12.2. The van der Waals surface area contributed by atoms with Gasteiger partial charge in [0.25, 0.3) is 5.24 Å². The molecule has 2 amide bonds. The van der Waals surface area contributed by atoms with E-state index in [4.69, 9.17) is 5.73 Å². The minimum Gasteiger partial charge on any atom is -0.399 e. The van der Waals surface area contributed by atoms with Crippen LogP contribution in [0.25, 0.3) is 0 Å². The second-order valence-electron chi connectivity index (χ2n) is 5.21. The van der Waals surface area contributed by atoms with E-state index in [1.54, 1.807) is 0 Å². The number of aryl methyl sites for hydroxylation is 1. The molecule has 0 spiro atoms. The number of benzene rings is 1. The van der Waals surface area contributed by atoms with Crippen LogP contribution in [0.1, 0.15) is 30.0 Å². The van der Waals surface area contributed by atoms with Gasteiger partial charge in [-0.2, -0.15) is 0 Å². The van der Waals surface area contributed by atoms with Gasteiger partial charge in [-0.1, -0.05) is 17.8 Å². The Balaban J connectivity index is 1.73. The van der Waals surface area contributed by atoms with Crippen molar-refractivity contribution in [3.05, 3.63) is 29.3 Å². The van der Waals surface area contributed by atoms with Gasteiger partial charge in [0.05, 0.1) is 6.04 Å². The summed E-state index contributed by atoms with van der Waals surface area (Å²) in [5.41, 5.74) is 8.93. The molecular weight excluding hydrogens is 274 g/mol. The van der Waals surface area contributed by atoms with E-state index in [-0.39, 0.29) is 17.2 Å². The minimum atomic E-state index is -0.411. The van der Waals surface area contributed by atoms with Crippen molar-refractivity contribution in [2.75, 3.05) is 11.5 Å². The van der Waals surface area contributed by atoms with Crippen molar-refractivity contribution in [3.63, 3.8) is 0 Å². The molecule has 2 unspecified atom stereocenters. The molecule has 1 aromatic carbocycles. The van der Waals surface area contributed by atoms with Crippen LogP contribution in [0, 0.1) is 0 Å². The molecule has 0 aromatic heterocycles. The molecule has 1 saturated heterocycles. The van der Waals surface area contributed by atoms with Gasteiger partial charge in [-0.25, -0.2) is 0 Å². The van der Waals surface area contributed by atoms with Gasteiger partial charge in [0.15, 0.2) is 0 Å². The maximum absolute atomic E-state index is 12.2. The predicted molar refractivity (Wildman–Crippen MR) is 79.5 cm³/mol. The lowest BCUT2D eigenvalue weighted by Gasteiger charge is -2.27. The summed E-state index contributed by atoms with van der Waals surface area (Å²) in [7, 11) is 0. The lowest BCUT2D eigenvalue weighted by Crippen LogP contribution is -2.44. The van der Waals surface area contributed by atoms with Crippen molar-refractivity contribution in [1.29, 1.82) is 0 Å². The quantitative estimate of drug-likeness (QED) is 0.722. The molecule has 1 heterocycles. The number of nitrogen functional groups attached to an aromatic ring is 1. The first kappa shape index (κ1) is 13.3. The summed E-state index contributed by atoms with van der Waals surface area (Å²) in [5.74, 6) is 0.407. The SMILES string of the molecule is Nc1ccc2c(c1)CCCC2NC(=O)C1CSC(=O)N1. The third-order valence-corrected chi connectivity index (χ3v) is 4.67. The van der Waals surface area contributed by atoms with Gasteiger partial charge < -0.3 is 16.4 Å². The van der Waals surface area contributed by atoms with Crippen LogP contribution in [0.4, 0.5) is 10.5 Å². The number of thioether (sulfide) groups is 1. The third-order valence-electron chi connectivity index (χ3n) is 3.79. The standard InChI is InChI=1S/C14H17N3O2S/c15-9-4-5-10-8(6-9)2-1-3-11(10)16-13(18)12-7-20-14(19)17-12/h4-6,11-12H,1-3,7,15H2,(H,16,18)(H,17,19). The predicted octanol–water partition coefficient (Wildman–Crippen LogP) is 1.59. The highest BCUT2D eigenvalue weighted by molar-refractivity contribution is 8.14. The average molecular weight is 291 g/mol. The zero-order chi connectivity index (χ0) is 14.1. The number of carbonyl (C=O) groups excluding carboxylic acids is 2. The molecule has 0 radical (unpaired) electrons. The molecule has 1 aliphatic heterocycles. The van der Waals surface area contributed by atoms with Crippen LogP contribution in [0.5, 0.6) is 0 Å². The van der Waals surface area contributed by atoms with E-state index in [9.17, 15) is 9.59 Å². The molecule has 106 valence electrons. The highest BCUT2D eigenvalue weighted by atomic mass is 32.2. The first-order chi connectivity index (χ1) is 9.63. The van der Waals surface area contributed by atoms with E-state index in [1.807, 2.05) is 18.2 Å². The number of amides is 2. The molecule has 1 fully saturated rings. The first-order valence-electron chi connectivity index (χ1n) is 6.75. The van der Waals surface area contributed by atoms with Crippen molar-refractivity contribution < 1.29 is 9.59 Å². The zero-order valence-corrected chi connectivity index (χ0v) is 11.8. The van der Waals surface area contributed by atoms with Gasteiger partial charge in [-0.3, -0.25) is 9.59 Å². The third kappa shape index (κ3) is 2.60. The van der Waals surface area contributed by atoms with E-state index in [0.717, 1.165) is 42.3 Å². The molecule has 2 aliphatic rings. The summed E-state index contributed by atoms with van der Waals surface area (Å²) in [6.07, 6.45) is 2.96. The van der Waals surface area contributed by atoms with Crippen LogP contribution in [0.2, 0.25) is 0 Å². The lowest BCUT2D eigenvalue weighted by atomic mass is 9.87. The minimum absolute atomic E-state index is 0.0225. The van der Waals surface area contributed by atoms with Crippen LogP contribution in [0.3, 0.4) is 0 Å². The monoisotopic (exact) mass is 291 g/mol. The largest absolute Gasteiger partial charge is 0.399 e. The van der Waals surface area contributed by atoms with Crippen LogP contribution in [-0.4, -0.2) is 22.9 Å². The van der Waals surface area contributed by atoms with Gasteiger partial charge in [0.2, 0.25) is 5.91 Å². The van der Waals surface area contributed by atoms with Gasteiger partial charge in [0, 0.05) is 11.4 Å². The zero-order valence-electron chi connectivity index (χ0n) is 11.0. The number of nitrogens with two attached hydrogens (primary N) is 1.